The number of esters is 1. The Kier molecular flexibility index (Phi) is 5.02. The molecule has 2 aromatic rings. The van der Waals surface area contributed by atoms with E-state index in [-0.39, 0.29) is 24.9 Å². The van der Waals surface area contributed by atoms with Gasteiger partial charge in [0.2, 0.25) is 0 Å². The van der Waals surface area contributed by atoms with Gasteiger partial charge in [0.15, 0.2) is 0 Å². The molecular formula is C12H14Cl2N2O2. The van der Waals surface area contributed by atoms with Gasteiger partial charge in [-0.25, -0.2) is 0 Å². The Morgan fingerprint density at radius 3 is 2.89 bits per heavy atom. The number of aromatic amines is 1. The molecule has 0 aliphatic carbocycles. The van der Waals surface area contributed by atoms with Crippen molar-refractivity contribution >= 4 is 40.9 Å². The quantitative estimate of drug-likeness (QED) is 0.853. The molecule has 0 bridgehead atoms. The lowest BCUT2D eigenvalue weighted by atomic mass is 9.99. The zero-order chi connectivity index (χ0) is 12.4. The van der Waals surface area contributed by atoms with Crippen LogP contribution in [0.3, 0.4) is 0 Å². The summed E-state index contributed by atoms with van der Waals surface area (Å²) in [5.74, 6) is -0.805. The fourth-order valence-corrected chi connectivity index (χ4v) is 2.07. The second kappa shape index (κ2) is 6.09. The highest BCUT2D eigenvalue weighted by Crippen LogP contribution is 2.28. The van der Waals surface area contributed by atoms with Gasteiger partial charge in [0.05, 0.1) is 13.0 Å². The van der Waals surface area contributed by atoms with E-state index in [1.165, 1.54) is 7.11 Å². The molecule has 0 aliphatic rings. The third kappa shape index (κ3) is 2.61. The molecule has 1 heterocycles. The van der Waals surface area contributed by atoms with Crippen LogP contribution in [0, 0.1) is 0 Å². The number of carbonyl (C=O) groups excluding carboxylic acids is 1. The summed E-state index contributed by atoms with van der Waals surface area (Å²) in [5.41, 5.74) is 7.36. The number of H-pyrrole nitrogens is 1. The van der Waals surface area contributed by atoms with E-state index in [1.54, 1.807) is 12.3 Å². The number of methoxy groups -OCH3 is 1. The predicted octanol–water partition coefficient (Wildman–Crippen LogP) is 2.46. The van der Waals surface area contributed by atoms with Crippen molar-refractivity contribution in [2.24, 2.45) is 5.73 Å². The van der Waals surface area contributed by atoms with Crippen LogP contribution in [0.15, 0.2) is 24.4 Å². The Balaban J connectivity index is 0.00000162. The third-order valence-corrected chi connectivity index (χ3v) is 3.01. The number of nitrogens with two attached hydrogens (primary N) is 1. The van der Waals surface area contributed by atoms with Crippen LogP contribution in [0.5, 0.6) is 0 Å². The van der Waals surface area contributed by atoms with Crippen molar-refractivity contribution in [3.05, 3.63) is 35.0 Å². The number of rotatable bonds is 3. The van der Waals surface area contributed by atoms with Crippen LogP contribution in [-0.2, 0) is 9.53 Å². The van der Waals surface area contributed by atoms with E-state index in [0.717, 1.165) is 16.5 Å². The molecule has 0 aliphatic heterocycles. The number of nitrogens with one attached hydrogen (secondary N) is 1. The zero-order valence-electron chi connectivity index (χ0n) is 9.77. The molecule has 0 spiro atoms. The lowest BCUT2D eigenvalue weighted by Gasteiger charge is -2.11. The van der Waals surface area contributed by atoms with Crippen LogP contribution in [0.4, 0.5) is 0 Å². The molecule has 98 valence electrons. The molecule has 3 N–H and O–H groups in total. The molecule has 1 unspecified atom stereocenters. The number of aromatic nitrogens is 1. The lowest BCUT2D eigenvalue weighted by molar-refractivity contribution is -0.142. The van der Waals surface area contributed by atoms with Crippen molar-refractivity contribution in [1.82, 2.24) is 4.98 Å². The first-order valence-electron chi connectivity index (χ1n) is 5.21. The molecule has 0 saturated carbocycles. The van der Waals surface area contributed by atoms with Gasteiger partial charge in [-0.1, -0.05) is 11.6 Å². The Bertz CT molecular complexity index is 554. The highest BCUT2D eigenvalue weighted by Gasteiger charge is 2.22. The average Bonchev–Trinajstić information content (AvgIpc) is 2.73. The van der Waals surface area contributed by atoms with E-state index in [1.807, 2.05) is 12.1 Å². The van der Waals surface area contributed by atoms with Crippen LogP contribution in [-0.4, -0.2) is 24.6 Å². The second-order valence-corrected chi connectivity index (χ2v) is 4.18. The summed E-state index contributed by atoms with van der Waals surface area (Å²) in [5, 5.41) is 1.53. The summed E-state index contributed by atoms with van der Waals surface area (Å²) in [4.78, 5) is 14.7. The molecule has 0 saturated heterocycles. The SMILES string of the molecule is COC(=O)C(CN)c1c[nH]c2ccc(Cl)cc12.Cl. The smallest absolute Gasteiger partial charge is 0.314 e. The molecule has 0 radical (unpaired) electrons. The van der Waals surface area contributed by atoms with Crippen molar-refractivity contribution in [3.8, 4) is 0 Å². The van der Waals surface area contributed by atoms with Gasteiger partial charge in [-0.3, -0.25) is 4.79 Å². The Morgan fingerprint density at radius 1 is 1.56 bits per heavy atom. The van der Waals surface area contributed by atoms with Crippen LogP contribution in [0.1, 0.15) is 11.5 Å². The molecule has 18 heavy (non-hydrogen) atoms. The van der Waals surface area contributed by atoms with Crippen molar-refractivity contribution < 1.29 is 9.53 Å². The van der Waals surface area contributed by atoms with E-state index in [2.05, 4.69) is 4.98 Å². The second-order valence-electron chi connectivity index (χ2n) is 3.75. The van der Waals surface area contributed by atoms with Gasteiger partial charge in [-0.2, -0.15) is 0 Å². The number of ether oxygens (including phenoxy) is 1. The first kappa shape index (κ1) is 14.8. The molecule has 1 aromatic carbocycles. The number of carbonyl (C=O) groups is 1. The van der Waals surface area contributed by atoms with E-state index < -0.39 is 5.92 Å². The highest BCUT2D eigenvalue weighted by atomic mass is 35.5. The molecule has 6 heteroatoms. The summed E-state index contributed by atoms with van der Waals surface area (Å²) in [7, 11) is 1.35. The Hall–Kier alpha value is -1.23. The van der Waals surface area contributed by atoms with Crippen molar-refractivity contribution in [1.29, 1.82) is 0 Å². The van der Waals surface area contributed by atoms with Gasteiger partial charge in [0.25, 0.3) is 0 Å². The standard InChI is InChI=1S/C12H13ClN2O2.ClH/c1-17-12(16)9(5-14)10-6-15-11-3-2-7(13)4-8(10)11;/h2-4,6,9,15H,5,14H2,1H3;1H. The summed E-state index contributed by atoms with van der Waals surface area (Å²) in [6.45, 7) is 0.201. The van der Waals surface area contributed by atoms with Crippen LogP contribution < -0.4 is 5.73 Å². The maximum absolute atomic E-state index is 11.6. The van der Waals surface area contributed by atoms with Gasteiger partial charge in [-0.15, -0.1) is 12.4 Å². The number of hydrogen-bond donors (Lipinski definition) is 2. The van der Waals surface area contributed by atoms with E-state index in [4.69, 9.17) is 22.1 Å². The summed E-state index contributed by atoms with van der Waals surface area (Å²) < 4.78 is 4.74. The summed E-state index contributed by atoms with van der Waals surface area (Å²) in [6.07, 6.45) is 1.77. The number of hydrogen-bond acceptors (Lipinski definition) is 3. The van der Waals surface area contributed by atoms with Gasteiger partial charge in [0.1, 0.15) is 0 Å². The Labute approximate surface area is 116 Å². The fraction of sp³-hybridized carbons (Fsp3) is 0.250. The minimum atomic E-state index is -0.466. The molecule has 4 nitrogen and oxygen atoms in total. The topological polar surface area (TPSA) is 68.1 Å². The van der Waals surface area contributed by atoms with E-state index in [9.17, 15) is 4.79 Å². The maximum atomic E-state index is 11.6. The summed E-state index contributed by atoms with van der Waals surface area (Å²) in [6, 6.07) is 5.47. The third-order valence-electron chi connectivity index (χ3n) is 2.77. The number of benzene rings is 1. The summed E-state index contributed by atoms with van der Waals surface area (Å²) >= 11 is 5.95. The molecule has 0 fully saturated rings. The van der Waals surface area contributed by atoms with E-state index in [0.29, 0.717) is 5.02 Å². The number of fused-ring (bicyclic) bond motifs is 1. The first-order chi connectivity index (χ1) is 8.17. The normalized spacial score (nSPS) is 11.9. The number of halogens is 2. The lowest BCUT2D eigenvalue weighted by Crippen LogP contribution is -2.22. The Morgan fingerprint density at radius 2 is 2.28 bits per heavy atom. The van der Waals surface area contributed by atoms with Crippen LogP contribution >= 0.6 is 24.0 Å². The minimum Gasteiger partial charge on any atom is -0.469 e. The molecule has 1 aromatic heterocycles. The van der Waals surface area contributed by atoms with Gasteiger partial charge < -0.3 is 15.5 Å². The molecule has 0 amide bonds. The fourth-order valence-electron chi connectivity index (χ4n) is 1.90. The highest BCUT2D eigenvalue weighted by molar-refractivity contribution is 6.31. The average molecular weight is 289 g/mol. The van der Waals surface area contributed by atoms with Gasteiger partial charge >= 0.3 is 5.97 Å². The van der Waals surface area contributed by atoms with Crippen molar-refractivity contribution in [2.45, 2.75) is 5.92 Å². The first-order valence-corrected chi connectivity index (χ1v) is 5.59. The zero-order valence-corrected chi connectivity index (χ0v) is 11.3. The van der Waals surface area contributed by atoms with Crippen LogP contribution in [0.25, 0.3) is 10.9 Å². The van der Waals surface area contributed by atoms with Gasteiger partial charge in [0, 0.05) is 28.7 Å². The monoisotopic (exact) mass is 288 g/mol. The largest absolute Gasteiger partial charge is 0.469 e. The van der Waals surface area contributed by atoms with E-state index >= 15 is 0 Å². The molecular weight excluding hydrogens is 275 g/mol. The molecule has 1 atom stereocenters. The van der Waals surface area contributed by atoms with Crippen LogP contribution in [0.2, 0.25) is 5.02 Å². The minimum absolute atomic E-state index is 0. The maximum Gasteiger partial charge on any atom is 0.314 e. The molecule has 2 rings (SSSR count). The van der Waals surface area contributed by atoms with Crippen molar-refractivity contribution in [3.63, 3.8) is 0 Å². The predicted molar refractivity (Wildman–Crippen MR) is 74.4 cm³/mol. The van der Waals surface area contributed by atoms with Crippen molar-refractivity contribution in [2.75, 3.05) is 13.7 Å². The van der Waals surface area contributed by atoms with Gasteiger partial charge in [-0.05, 0) is 23.8 Å².